The maximum atomic E-state index is 6.10. The molecule has 108 valence electrons. The first kappa shape index (κ1) is 15.4. The molecule has 0 aliphatic rings. The fraction of sp³-hybridized carbons (Fsp3) is 0.400. The van der Waals surface area contributed by atoms with Gasteiger partial charge in [0.05, 0.1) is 15.7 Å². The van der Waals surface area contributed by atoms with Gasteiger partial charge in [0.15, 0.2) is 0 Å². The van der Waals surface area contributed by atoms with E-state index in [1.54, 1.807) is 0 Å². The third kappa shape index (κ3) is 3.35. The molecule has 0 radical (unpaired) electrons. The Morgan fingerprint density at radius 3 is 2.60 bits per heavy atom. The third-order valence-corrected chi connectivity index (χ3v) is 4.13. The molecule has 2 aromatic rings. The van der Waals surface area contributed by atoms with Crippen LogP contribution >= 0.6 is 23.2 Å². The summed E-state index contributed by atoms with van der Waals surface area (Å²) in [5.74, 6) is 0. The van der Waals surface area contributed by atoms with Crippen molar-refractivity contribution in [2.24, 2.45) is 0 Å². The summed E-state index contributed by atoms with van der Waals surface area (Å²) in [5, 5.41) is 8.99. The summed E-state index contributed by atoms with van der Waals surface area (Å²) in [5.41, 5.74) is 3.39. The van der Waals surface area contributed by atoms with Crippen LogP contribution in [0.5, 0.6) is 0 Å². The first-order valence-electron chi connectivity index (χ1n) is 6.70. The van der Waals surface area contributed by atoms with E-state index in [-0.39, 0.29) is 6.04 Å². The van der Waals surface area contributed by atoms with Crippen LogP contribution in [0.15, 0.2) is 24.3 Å². The summed E-state index contributed by atoms with van der Waals surface area (Å²) < 4.78 is 2.04. The van der Waals surface area contributed by atoms with Crippen molar-refractivity contribution in [1.29, 1.82) is 0 Å². The number of hydrogen-bond acceptors (Lipinski definition) is 2. The predicted octanol–water partition coefficient (Wildman–Crippen LogP) is 4.02. The highest BCUT2D eigenvalue weighted by molar-refractivity contribution is 6.42. The summed E-state index contributed by atoms with van der Waals surface area (Å²) in [6, 6.07) is 8.09. The number of benzene rings is 1. The topological polar surface area (TPSA) is 29.9 Å². The van der Waals surface area contributed by atoms with E-state index < -0.39 is 0 Å². The molecule has 0 aliphatic carbocycles. The van der Waals surface area contributed by atoms with Crippen LogP contribution in [0.3, 0.4) is 0 Å². The Labute approximate surface area is 129 Å². The predicted molar refractivity (Wildman–Crippen MR) is 84.6 cm³/mol. The van der Waals surface area contributed by atoms with Crippen LogP contribution in [0.1, 0.15) is 29.9 Å². The minimum absolute atomic E-state index is 0.186. The molecule has 0 aliphatic heterocycles. The summed E-state index contributed by atoms with van der Waals surface area (Å²) in [4.78, 5) is 0. The molecule has 1 atom stereocenters. The Balaban J connectivity index is 2.26. The van der Waals surface area contributed by atoms with Crippen molar-refractivity contribution in [3.05, 3.63) is 51.3 Å². The second-order valence-electron chi connectivity index (χ2n) is 4.81. The number of nitrogens with one attached hydrogen (secondary N) is 1. The van der Waals surface area contributed by atoms with E-state index in [2.05, 4.69) is 23.4 Å². The van der Waals surface area contributed by atoms with Gasteiger partial charge in [0.2, 0.25) is 0 Å². The number of rotatable bonds is 5. The largest absolute Gasteiger partial charge is 0.313 e. The first-order chi connectivity index (χ1) is 9.55. The normalized spacial score (nSPS) is 12.7. The summed E-state index contributed by atoms with van der Waals surface area (Å²) >= 11 is 12.1. The zero-order chi connectivity index (χ0) is 14.7. The number of aryl methyl sites for hydroxylation is 2. The smallest absolute Gasteiger partial charge is 0.0596 e. The van der Waals surface area contributed by atoms with Gasteiger partial charge in [-0.25, -0.2) is 0 Å². The van der Waals surface area contributed by atoms with E-state index >= 15 is 0 Å². The van der Waals surface area contributed by atoms with Crippen molar-refractivity contribution in [2.75, 3.05) is 7.05 Å². The fourth-order valence-electron chi connectivity index (χ4n) is 2.36. The van der Waals surface area contributed by atoms with E-state index in [1.165, 1.54) is 5.69 Å². The maximum absolute atomic E-state index is 6.10. The highest BCUT2D eigenvalue weighted by Crippen LogP contribution is 2.27. The molecule has 2 rings (SSSR count). The number of hydrogen-bond donors (Lipinski definition) is 1. The molecule has 20 heavy (non-hydrogen) atoms. The van der Waals surface area contributed by atoms with Gasteiger partial charge in [0.25, 0.3) is 0 Å². The van der Waals surface area contributed by atoms with Crippen molar-refractivity contribution in [3.8, 4) is 0 Å². The Morgan fingerprint density at radius 1 is 1.25 bits per heavy atom. The lowest BCUT2D eigenvalue weighted by Crippen LogP contribution is -2.20. The van der Waals surface area contributed by atoms with Crippen molar-refractivity contribution in [3.63, 3.8) is 0 Å². The summed E-state index contributed by atoms with van der Waals surface area (Å²) in [7, 11) is 1.95. The Kier molecular flexibility index (Phi) is 5.08. The lowest BCUT2D eigenvalue weighted by molar-refractivity contribution is 0.541. The van der Waals surface area contributed by atoms with Crippen LogP contribution in [0.4, 0.5) is 0 Å². The fourth-order valence-corrected chi connectivity index (χ4v) is 2.67. The molecule has 0 spiro atoms. The van der Waals surface area contributed by atoms with Gasteiger partial charge in [0.1, 0.15) is 0 Å². The Morgan fingerprint density at radius 2 is 2.00 bits per heavy atom. The molecule has 0 bridgehead atoms. The van der Waals surface area contributed by atoms with Gasteiger partial charge in [-0.1, -0.05) is 29.3 Å². The third-order valence-electron chi connectivity index (χ3n) is 3.39. The number of likely N-dealkylation sites (N-methyl/N-ethyl adjacent to an activating group) is 1. The van der Waals surface area contributed by atoms with Gasteiger partial charge in [-0.15, -0.1) is 0 Å². The summed E-state index contributed by atoms with van der Waals surface area (Å²) in [6.45, 7) is 4.99. The monoisotopic (exact) mass is 311 g/mol. The van der Waals surface area contributed by atoms with Gasteiger partial charge in [-0.05, 0) is 44.7 Å². The first-order valence-corrected chi connectivity index (χ1v) is 7.46. The highest BCUT2D eigenvalue weighted by Gasteiger charge is 2.15. The second kappa shape index (κ2) is 6.61. The molecule has 3 nitrogen and oxygen atoms in total. The Bertz CT molecular complexity index is 593. The zero-order valence-corrected chi connectivity index (χ0v) is 13.5. The molecule has 1 unspecified atom stereocenters. The molecule has 5 heteroatoms. The van der Waals surface area contributed by atoms with Crippen LogP contribution in [0.25, 0.3) is 0 Å². The van der Waals surface area contributed by atoms with Crippen molar-refractivity contribution < 1.29 is 0 Å². The molecule has 0 saturated heterocycles. The van der Waals surface area contributed by atoms with Crippen LogP contribution in [-0.2, 0) is 13.0 Å². The minimum Gasteiger partial charge on any atom is -0.313 e. The molecule has 0 saturated carbocycles. The molecular formula is C15H19Cl2N3. The SMILES string of the molecule is CCn1nc(C)cc1CC(NC)c1ccc(Cl)c(Cl)c1. The average molecular weight is 312 g/mol. The second-order valence-corrected chi connectivity index (χ2v) is 5.63. The van der Waals surface area contributed by atoms with E-state index in [9.17, 15) is 0 Å². The van der Waals surface area contributed by atoms with E-state index in [0.29, 0.717) is 10.0 Å². The lowest BCUT2D eigenvalue weighted by Gasteiger charge is -2.17. The lowest BCUT2D eigenvalue weighted by atomic mass is 10.0. The quantitative estimate of drug-likeness (QED) is 0.903. The molecule has 1 aromatic heterocycles. The van der Waals surface area contributed by atoms with Crippen molar-refractivity contribution in [1.82, 2.24) is 15.1 Å². The molecule has 1 heterocycles. The number of aromatic nitrogens is 2. The van der Waals surface area contributed by atoms with E-state index in [1.807, 2.05) is 36.9 Å². The van der Waals surface area contributed by atoms with Gasteiger partial charge in [-0.2, -0.15) is 5.10 Å². The standard InChI is InChI=1S/C15H19Cl2N3/c1-4-20-12(7-10(2)19-20)9-15(18-3)11-5-6-13(16)14(17)8-11/h5-8,15,18H,4,9H2,1-3H3. The van der Waals surface area contributed by atoms with Crippen molar-refractivity contribution >= 4 is 23.2 Å². The van der Waals surface area contributed by atoms with E-state index in [0.717, 1.165) is 24.2 Å². The average Bonchev–Trinajstić information content (AvgIpc) is 2.79. The minimum atomic E-state index is 0.186. The highest BCUT2D eigenvalue weighted by atomic mass is 35.5. The van der Waals surface area contributed by atoms with Gasteiger partial charge in [0, 0.05) is 24.7 Å². The van der Waals surface area contributed by atoms with Crippen LogP contribution in [0, 0.1) is 6.92 Å². The molecule has 0 amide bonds. The van der Waals surface area contributed by atoms with Crippen LogP contribution in [-0.4, -0.2) is 16.8 Å². The number of nitrogens with zero attached hydrogens (tertiary/aromatic N) is 2. The number of halogens is 2. The van der Waals surface area contributed by atoms with Gasteiger partial charge >= 0.3 is 0 Å². The summed E-state index contributed by atoms with van der Waals surface area (Å²) in [6.07, 6.45) is 0.864. The zero-order valence-electron chi connectivity index (χ0n) is 12.0. The van der Waals surface area contributed by atoms with Crippen molar-refractivity contribution in [2.45, 2.75) is 32.9 Å². The maximum Gasteiger partial charge on any atom is 0.0596 e. The molecular weight excluding hydrogens is 293 g/mol. The molecule has 1 N–H and O–H groups in total. The van der Waals surface area contributed by atoms with Crippen LogP contribution in [0.2, 0.25) is 10.0 Å². The molecule has 1 aromatic carbocycles. The van der Waals surface area contributed by atoms with Gasteiger partial charge in [-0.3, -0.25) is 4.68 Å². The van der Waals surface area contributed by atoms with E-state index in [4.69, 9.17) is 23.2 Å². The van der Waals surface area contributed by atoms with Crippen LogP contribution < -0.4 is 5.32 Å². The molecule has 0 fully saturated rings. The van der Waals surface area contributed by atoms with Gasteiger partial charge < -0.3 is 5.32 Å². The Hall–Kier alpha value is -1.03.